The molecule has 0 atom stereocenters. The quantitative estimate of drug-likeness (QED) is 0.260. The van der Waals surface area contributed by atoms with Crippen molar-refractivity contribution in [3.63, 3.8) is 0 Å². The van der Waals surface area contributed by atoms with Crippen LogP contribution in [0.25, 0.3) is 16.7 Å². The minimum absolute atomic E-state index is 0.161. The zero-order valence-electron chi connectivity index (χ0n) is 22.5. The van der Waals surface area contributed by atoms with E-state index in [1.807, 2.05) is 51.5 Å². The molecule has 0 fully saturated rings. The van der Waals surface area contributed by atoms with Crippen LogP contribution in [-0.2, 0) is 4.79 Å². The molecule has 2 heterocycles. The van der Waals surface area contributed by atoms with Crippen molar-refractivity contribution in [3.8, 4) is 11.6 Å². The molecular formula is C28H34ClN7O2. The van der Waals surface area contributed by atoms with Crippen LogP contribution < -0.4 is 20.3 Å². The van der Waals surface area contributed by atoms with Crippen molar-refractivity contribution in [1.29, 1.82) is 0 Å². The maximum absolute atomic E-state index is 12.5. The van der Waals surface area contributed by atoms with Gasteiger partial charge in [-0.2, -0.15) is 4.98 Å². The number of halogens is 1. The zero-order chi connectivity index (χ0) is 27.2. The lowest BCUT2D eigenvalue weighted by atomic mass is 10.2. The SMILES string of the molecule is COc1cc(N(C)CCN(C)C)c(NC(=O)CCCl)cc1Nc1nccc(-n2cc(C)c3ccccc32)n1. The number of para-hydroxylation sites is 1. The second-order valence-electron chi connectivity index (χ2n) is 9.34. The van der Waals surface area contributed by atoms with Crippen molar-refractivity contribution >= 4 is 51.4 Å². The Balaban J connectivity index is 1.70. The van der Waals surface area contributed by atoms with Gasteiger partial charge in [0, 0.05) is 56.3 Å². The van der Waals surface area contributed by atoms with Crippen molar-refractivity contribution in [3.05, 3.63) is 60.4 Å². The minimum Gasteiger partial charge on any atom is -0.494 e. The third-order valence-corrected chi connectivity index (χ3v) is 6.44. The van der Waals surface area contributed by atoms with Gasteiger partial charge in [0.05, 0.1) is 29.7 Å². The van der Waals surface area contributed by atoms with Crippen molar-refractivity contribution in [2.24, 2.45) is 0 Å². The second kappa shape index (κ2) is 12.1. The Morgan fingerprint density at radius 1 is 1.11 bits per heavy atom. The highest BCUT2D eigenvalue weighted by Crippen LogP contribution is 2.38. The van der Waals surface area contributed by atoms with E-state index < -0.39 is 0 Å². The van der Waals surface area contributed by atoms with Crippen LogP contribution in [0.3, 0.4) is 0 Å². The first-order valence-corrected chi connectivity index (χ1v) is 12.9. The Labute approximate surface area is 228 Å². The summed E-state index contributed by atoms with van der Waals surface area (Å²) in [7, 11) is 7.65. The topological polar surface area (TPSA) is 87.5 Å². The molecule has 0 aliphatic rings. The average Bonchev–Trinajstić information content (AvgIpc) is 3.24. The maximum Gasteiger partial charge on any atom is 0.229 e. The molecule has 4 rings (SSSR count). The monoisotopic (exact) mass is 535 g/mol. The van der Waals surface area contributed by atoms with Crippen molar-refractivity contribution < 1.29 is 9.53 Å². The number of aryl methyl sites for hydroxylation is 1. The Bertz CT molecular complexity index is 1420. The molecule has 0 spiro atoms. The first-order valence-electron chi connectivity index (χ1n) is 12.4. The Kier molecular flexibility index (Phi) is 8.70. The number of carbonyl (C=O) groups excluding carboxylic acids is 1. The van der Waals surface area contributed by atoms with Gasteiger partial charge in [0.25, 0.3) is 0 Å². The molecule has 2 aromatic heterocycles. The molecule has 0 saturated heterocycles. The lowest BCUT2D eigenvalue weighted by Crippen LogP contribution is -2.29. The summed E-state index contributed by atoms with van der Waals surface area (Å²) in [4.78, 5) is 25.9. The molecule has 2 N–H and O–H groups in total. The van der Waals surface area contributed by atoms with E-state index in [0.29, 0.717) is 23.1 Å². The average molecular weight is 536 g/mol. The summed E-state index contributed by atoms with van der Waals surface area (Å²) in [5.41, 5.74) is 4.35. The molecule has 0 bridgehead atoms. The number of benzene rings is 2. The van der Waals surface area contributed by atoms with E-state index in [4.69, 9.17) is 21.3 Å². The molecule has 2 aromatic carbocycles. The number of hydrogen-bond acceptors (Lipinski definition) is 7. The van der Waals surface area contributed by atoms with E-state index in [9.17, 15) is 4.79 Å². The van der Waals surface area contributed by atoms with E-state index in [2.05, 4.69) is 55.2 Å². The van der Waals surface area contributed by atoms with Gasteiger partial charge in [-0.1, -0.05) is 18.2 Å². The van der Waals surface area contributed by atoms with Crippen LogP contribution in [0, 0.1) is 6.92 Å². The summed E-state index contributed by atoms with van der Waals surface area (Å²) >= 11 is 5.81. The molecule has 38 heavy (non-hydrogen) atoms. The number of fused-ring (bicyclic) bond motifs is 1. The number of rotatable bonds is 11. The third-order valence-electron chi connectivity index (χ3n) is 6.25. The molecule has 0 unspecified atom stereocenters. The molecule has 0 saturated carbocycles. The number of hydrogen-bond donors (Lipinski definition) is 2. The molecule has 10 heteroatoms. The number of aromatic nitrogens is 3. The molecule has 1 amide bonds. The van der Waals surface area contributed by atoms with E-state index in [1.165, 1.54) is 10.9 Å². The highest BCUT2D eigenvalue weighted by Gasteiger charge is 2.17. The molecule has 4 aromatic rings. The first-order chi connectivity index (χ1) is 18.3. The summed E-state index contributed by atoms with van der Waals surface area (Å²) < 4.78 is 7.77. The molecule has 0 aliphatic heterocycles. The molecule has 9 nitrogen and oxygen atoms in total. The largest absolute Gasteiger partial charge is 0.494 e. The summed E-state index contributed by atoms with van der Waals surface area (Å²) in [5, 5.41) is 7.46. The van der Waals surface area contributed by atoms with Gasteiger partial charge in [0.1, 0.15) is 11.6 Å². The van der Waals surface area contributed by atoms with Crippen molar-refractivity contribution in [2.45, 2.75) is 13.3 Å². The van der Waals surface area contributed by atoms with Gasteiger partial charge < -0.3 is 29.7 Å². The van der Waals surface area contributed by atoms with Gasteiger partial charge in [-0.3, -0.25) is 4.79 Å². The Morgan fingerprint density at radius 3 is 2.63 bits per heavy atom. The normalized spacial score (nSPS) is 11.1. The van der Waals surface area contributed by atoms with Gasteiger partial charge in [-0.05, 0) is 44.8 Å². The predicted octanol–water partition coefficient (Wildman–Crippen LogP) is 5.05. The van der Waals surface area contributed by atoms with E-state index in [1.54, 1.807) is 13.3 Å². The van der Waals surface area contributed by atoms with Crippen LogP contribution in [0.4, 0.5) is 23.0 Å². The van der Waals surface area contributed by atoms with Crippen LogP contribution in [0.2, 0.25) is 0 Å². The fourth-order valence-corrected chi connectivity index (χ4v) is 4.40. The maximum atomic E-state index is 12.5. The van der Waals surface area contributed by atoms with E-state index in [0.717, 1.165) is 30.1 Å². The fourth-order valence-electron chi connectivity index (χ4n) is 4.22. The lowest BCUT2D eigenvalue weighted by molar-refractivity contribution is -0.115. The van der Waals surface area contributed by atoms with E-state index in [-0.39, 0.29) is 18.2 Å². The number of nitrogens with one attached hydrogen (secondary N) is 2. The molecule has 200 valence electrons. The second-order valence-corrected chi connectivity index (χ2v) is 9.72. The van der Waals surface area contributed by atoms with Crippen LogP contribution in [0.15, 0.2) is 54.9 Å². The number of alkyl halides is 1. The molecular weight excluding hydrogens is 502 g/mol. The van der Waals surface area contributed by atoms with Gasteiger partial charge in [0.2, 0.25) is 11.9 Å². The number of likely N-dealkylation sites (N-methyl/N-ethyl adjacent to an activating group) is 2. The first kappa shape index (κ1) is 27.2. The summed E-state index contributed by atoms with van der Waals surface area (Å²) in [6, 6.07) is 13.8. The molecule has 0 aliphatic carbocycles. The number of ether oxygens (including phenoxy) is 1. The third kappa shape index (κ3) is 6.17. The van der Waals surface area contributed by atoms with Crippen molar-refractivity contribution in [1.82, 2.24) is 19.4 Å². The minimum atomic E-state index is -0.161. The zero-order valence-corrected chi connectivity index (χ0v) is 23.2. The van der Waals surface area contributed by atoms with Gasteiger partial charge in [-0.25, -0.2) is 4.98 Å². The van der Waals surface area contributed by atoms with E-state index >= 15 is 0 Å². The predicted molar refractivity (Wildman–Crippen MR) is 156 cm³/mol. The van der Waals surface area contributed by atoms with Crippen LogP contribution in [0.1, 0.15) is 12.0 Å². The number of amides is 1. The van der Waals surface area contributed by atoms with Crippen LogP contribution in [0.5, 0.6) is 5.75 Å². The highest BCUT2D eigenvalue weighted by atomic mass is 35.5. The number of nitrogens with zero attached hydrogens (tertiary/aromatic N) is 5. The Morgan fingerprint density at radius 2 is 1.89 bits per heavy atom. The summed E-state index contributed by atoms with van der Waals surface area (Å²) in [6.45, 7) is 3.69. The smallest absolute Gasteiger partial charge is 0.229 e. The standard InChI is InChI=1S/C28H34ClN7O2/c1-19-18-36(23-9-7-6-8-20(19)23)26-11-13-30-28(33-26)32-22-16-21(31-27(37)10-12-29)24(17-25(22)38-5)35(4)15-14-34(2)3/h6-9,11,13,16-18H,10,12,14-15H2,1-5H3,(H,31,37)(H,30,32,33). The van der Waals surface area contributed by atoms with Crippen LogP contribution >= 0.6 is 11.6 Å². The Hall–Kier alpha value is -3.82. The number of anilines is 4. The van der Waals surface area contributed by atoms with Crippen LogP contribution in [-0.4, -0.2) is 72.6 Å². The van der Waals surface area contributed by atoms with Gasteiger partial charge >= 0.3 is 0 Å². The van der Waals surface area contributed by atoms with Gasteiger partial charge in [-0.15, -0.1) is 11.6 Å². The fraction of sp³-hybridized carbons (Fsp3) is 0.321. The number of methoxy groups -OCH3 is 1. The summed E-state index contributed by atoms with van der Waals surface area (Å²) in [5.74, 6) is 1.83. The summed E-state index contributed by atoms with van der Waals surface area (Å²) in [6.07, 6.45) is 4.00. The number of carbonyl (C=O) groups is 1. The lowest BCUT2D eigenvalue weighted by Gasteiger charge is -2.26. The molecule has 0 radical (unpaired) electrons. The highest BCUT2D eigenvalue weighted by molar-refractivity contribution is 6.19. The van der Waals surface area contributed by atoms with Crippen molar-refractivity contribution in [2.75, 3.05) is 62.8 Å². The van der Waals surface area contributed by atoms with Gasteiger partial charge in [0.15, 0.2) is 0 Å².